The van der Waals surface area contributed by atoms with Crippen LogP contribution in [0.2, 0.25) is 0 Å². The van der Waals surface area contributed by atoms with Gasteiger partial charge in [-0.1, -0.05) is 12.1 Å². The highest BCUT2D eigenvalue weighted by Gasteiger charge is 2.10. The van der Waals surface area contributed by atoms with Gasteiger partial charge in [0.05, 0.1) is 11.9 Å². The number of carboxylic acids is 1. The largest absolute Gasteiger partial charge is 0.480 e. The van der Waals surface area contributed by atoms with Crippen LogP contribution in [-0.2, 0) is 11.3 Å². The van der Waals surface area contributed by atoms with Crippen molar-refractivity contribution >= 4 is 5.97 Å². The molecule has 94 valence electrons. The van der Waals surface area contributed by atoms with Gasteiger partial charge in [0, 0.05) is 0 Å². The van der Waals surface area contributed by atoms with Crippen LogP contribution < -0.4 is 4.74 Å². The average Bonchev–Trinajstić information content (AvgIpc) is 2.61. The molecule has 0 bridgehead atoms. The summed E-state index contributed by atoms with van der Waals surface area (Å²) in [6.07, 6.45) is 1.53. The minimum absolute atomic E-state index is 0.164. The zero-order chi connectivity index (χ0) is 13.1. The maximum atomic E-state index is 10.6. The smallest absolute Gasteiger partial charge is 0.325 e. The van der Waals surface area contributed by atoms with E-state index in [1.165, 1.54) is 10.9 Å². The Morgan fingerprint density at radius 3 is 2.89 bits per heavy atom. The zero-order valence-electron chi connectivity index (χ0n) is 10.3. The summed E-state index contributed by atoms with van der Waals surface area (Å²) in [5, 5.41) is 12.7. The van der Waals surface area contributed by atoms with Crippen molar-refractivity contribution in [3.8, 4) is 11.5 Å². The van der Waals surface area contributed by atoms with E-state index in [0.29, 0.717) is 17.2 Å². The Labute approximate surface area is 105 Å². The lowest BCUT2D eigenvalue weighted by Crippen LogP contribution is -2.11. The number of aliphatic carboxylic acids is 1. The first-order valence-electron chi connectivity index (χ1n) is 5.55. The van der Waals surface area contributed by atoms with Crippen molar-refractivity contribution in [1.82, 2.24) is 9.78 Å². The van der Waals surface area contributed by atoms with Gasteiger partial charge in [0.15, 0.2) is 5.75 Å². The highest BCUT2D eigenvalue weighted by atomic mass is 16.5. The molecule has 5 nitrogen and oxygen atoms in total. The van der Waals surface area contributed by atoms with Gasteiger partial charge in [-0.15, -0.1) is 0 Å². The Bertz CT molecular complexity index is 575. The van der Waals surface area contributed by atoms with Crippen LogP contribution >= 0.6 is 0 Å². The number of rotatable bonds is 4. The molecule has 0 aliphatic carbocycles. The molecule has 0 fully saturated rings. The second-order valence-electron chi connectivity index (χ2n) is 4.06. The van der Waals surface area contributed by atoms with E-state index in [1.54, 1.807) is 6.92 Å². The fourth-order valence-electron chi connectivity index (χ4n) is 1.62. The van der Waals surface area contributed by atoms with E-state index in [4.69, 9.17) is 9.84 Å². The van der Waals surface area contributed by atoms with Gasteiger partial charge in [-0.2, -0.15) is 5.10 Å². The molecule has 1 N–H and O–H groups in total. The second-order valence-corrected chi connectivity index (χ2v) is 4.06. The van der Waals surface area contributed by atoms with Crippen molar-refractivity contribution in [2.75, 3.05) is 0 Å². The molecule has 0 saturated heterocycles. The van der Waals surface area contributed by atoms with E-state index >= 15 is 0 Å². The van der Waals surface area contributed by atoms with Crippen LogP contribution in [0.25, 0.3) is 0 Å². The van der Waals surface area contributed by atoms with Crippen LogP contribution in [0, 0.1) is 13.8 Å². The van der Waals surface area contributed by atoms with Gasteiger partial charge in [-0.05, 0) is 31.5 Å². The van der Waals surface area contributed by atoms with Gasteiger partial charge < -0.3 is 9.84 Å². The standard InChI is InChI=1S/C13H14N2O3/c1-9-4-3-5-11(6-9)18-12-7-14-15(10(12)2)8-13(16)17/h3-7H,8H2,1-2H3,(H,16,17). The van der Waals surface area contributed by atoms with Crippen LogP contribution in [-0.4, -0.2) is 20.9 Å². The van der Waals surface area contributed by atoms with E-state index in [9.17, 15) is 4.79 Å². The molecule has 2 aromatic rings. The Balaban J connectivity index is 2.20. The molecular formula is C13H14N2O3. The van der Waals surface area contributed by atoms with Crippen molar-refractivity contribution in [2.45, 2.75) is 20.4 Å². The zero-order valence-corrected chi connectivity index (χ0v) is 10.3. The number of carboxylic acid groups (broad SMARTS) is 1. The van der Waals surface area contributed by atoms with Crippen molar-refractivity contribution in [1.29, 1.82) is 0 Å². The molecule has 0 radical (unpaired) electrons. The Morgan fingerprint density at radius 2 is 2.22 bits per heavy atom. The van der Waals surface area contributed by atoms with Gasteiger partial charge in [0.25, 0.3) is 0 Å². The lowest BCUT2D eigenvalue weighted by molar-refractivity contribution is -0.137. The van der Waals surface area contributed by atoms with Gasteiger partial charge in [-0.25, -0.2) is 0 Å². The first-order chi connectivity index (χ1) is 8.56. The molecule has 0 unspecified atom stereocenters. The normalized spacial score (nSPS) is 10.3. The Morgan fingerprint density at radius 1 is 1.44 bits per heavy atom. The van der Waals surface area contributed by atoms with E-state index in [-0.39, 0.29) is 6.54 Å². The minimum atomic E-state index is -0.927. The van der Waals surface area contributed by atoms with Gasteiger partial charge in [0.1, 0.15) is 12.3 Å². The number of carbonyl (C=O) groups is 1. The molecule has 0 aliphatic rings. The molecule has 18 heavy (non-hydrogen) atoms. The maximum Gasteiger partial charge on any atom is 0.325 e. The van der Waals surface area contributed by atoms with Crippen LogP contribution in [0.15, 0.2) is 30.5 Å². The molecule has 0 saturated carbocycles. The number of aryl methyl sites for hydroxylation is 1. The van der Waals surface area contributed by atoms with Crippen molar-refractivity contribution in [3.63, 3.8) is 0 Å². The second kappa shape index (κ2) is 4.91. The molecule has 1 aromatic heterocycles. The fourth-order valence-corrected chi connectivity index (χ4v) is 1.62. The maximum absolute atomic E-state index is 10.6. The number of hydrogen-bond acceptors (Lipinski definition) is 3. The van der Waals surface area contributed by atoms with Crippen molar-refractivity contribution < 1.29 is 14.6 Å². The van der Waals surface area contributed by atoms with Crippen molar-refractivity contribution in [2.24, 2.45) is 0 Å². The summed E-state index contributed by atoms with van der Waals surface area (Å²) < 4.78 is 7.07. The molecule has 5 heteroatoms. The molecule has 0 atom stereocenters. The van der Waals surface area contributed by atoms with Crippen LogP contribution in [0.4, 0.5) is 0 Å². The van der Waals surface area contributed by atoms with Crippen molar-refractivity contribution in [3.05, 3.63) is 41.7 Å². The number of benzene rings is 1. The molecule has 0 spiro atoms. The molecule has 0 amide bonds. The summed E-state index contributed by atoms with van der Waals surface area (Å²) in [7, 11) is 0. The number of hydrogen-bond donors (Lipinski definition) is 1. The summed E-state index contributed by atoms with van der Waals surface area (Å²) in [5.74, 6) is 0.359. The summed E-state index contributed by atoms with van der Waals surface area (Å²) >= 11 is 0. The Hall–Kier alpha value is -2.30. The highest BCUT2D eigenvalue weighted by molar-refractivity contribution is 5.66. The molecule has 1 aromatic carbocycles. The monoisotopic (exact) mass is 246 g/mol. The van der Waals surface area contributed by atoms with E-state index < -0.39 is 5.97 Å². The molecule has 2 rings (SSSR count). The van der Waals surface area contributed by atoms with Gasteiger partial charge >= 0.3 is 5.97 Å². The summed E-state index contributed by atoms with van der Waals surface area (Å²) in [4.78, 5) is 10.6. The van der Waals surface area contributed by atoms with E-state index in [2.05, 4.69) is 5.10 Å². The highest BCUT2D eigenvalue weighted by Crippen LogP contribution is 2.25. The molecule has 0 aliphatic heterocycles. The quantitative estimate of drug-likeness (QED) is 0.899. The van der Waals surface area contributed by atoms with E-state index in [1.807, 2.05) is 31.2 Å². The average molecular weight is 246 g/mol. The Kier molecular flexibility index (Phi) is 3.32. The fraction of sp³-hybridized carbons (Fsp3) is 0.231. The number of aromatic nitrogens is 2. The third kappa shape index (κ3) is 2.68. The third-order valence-electron chi connectivity index (χ3n) is 2.56. The van der Waals surface area contributed by atoms with Gasteiger partial charge in [-0.3, -0.25) is 9.48 Å². The van der Waals surface area contributed by atoms with Crippen LogP contribution in [0.5, 0.6) is 11.5 Å². The number of ether oxygens (including phenoxy) is 1. The minimum Gasteiger partial charge on any atom is -0.480 e. The first-order valence-corrected chi connectivity index (χ1v) is 5.55. The summed E-state index contributed by atoms with van der Waals surface area (Å²) in [6.45, 7) is 3.59. The predicted molar refractivity (Wildman–Crippen MR) is 65.9 cm³/mol. The van der Waals surface area contributed by atoms with Crippen LogP contribution in [0.1, 0.15) is 11.3 Å². The topological polar surface area (TPSA) is 64.4 Å². The first kappa shape index (κ1) is 12.2. The predicted octanol–water partition coefficient (Wildman–Crippen LogP) is 2.38. The third-order valence-corrected chi connectivity index (χ3v) is 2.56. The lowest BCUT2D eigenvalue weighted by Gasteiger charge is -2.06. The van der Waals surface area contributed by atoms with E-state index in [0.717, 1.165) is 5.56 Å². The van der Waals surface area contributed by atoms with Gasteiger partial charge in [0.2, 0.25) is 0 Å². The number of nitrogens with zero attached hydrogens (tertiary/aromatic N) is 2. The molecule has 1 heterocycles. The SMILES string of the molecule is Cc1cccc(Oc2cnn(CC(=O)O)c2C)c1. The van der Waals surface area contributed by atoms with Crippen LogP contribution in [0.3, 0.4) is 0 Å². The summed E-state index contributed by atoms with van der Waals surface area (Å²) in [5.41, 5.74) is 1.79. The summed E-state index contributed by atoms with van der Waals surface area (Å²) in [6, 6.07) is 7.64. The lowest BCUT2D eigenvalue weighted by atomic mass is 10.2. The molecular weight excluding hydrogens is 232 g/mol.